The minimum Gasteiger partial charge on any atom is -0.444 e. The molecule has 0 aromatic heterocycles. The Hall–Kier alpha value is -7.03. The number of hydrogen-bond acceptors (Lipinski definition) is 18. The molecule has 0 aliphatic carbocycles. The maximum absolute atomic E-state index is 13.4. The largest absolute Gasteiger partial charge is 0.444 e. The van der Waals surface area contributed by atoms with Gasteiger partial charge in [-0.2, -0.15) is 0 Å². The third-order valence-corrected chi connectivity index (χ3v) is 15.7. The molecule has 0 bridgehead atoms. The minimum absolute atomic E-state index is 0.00777. The van der Waals surface area contributed by atoms with Crippen molar-refractivity contribution < 1.29 is 85.4 Å². The molecule has 8 rings (SSSR count). The highest BCUT2D eigenvalue weighted by Crippen LogP contribution is 2.33. The van der Waals surface area contributed by atoms with Crippen molar-refractivity contribution in [3.05, 3.63) is 215 Å². The van der Waals surface area contributed by atoms with E-state index in [0.29, 0.717) is 39.6 Å². The number of amides is 3. The Kier molecular flexibility index (Phi) is 33.3. The van der Waals surface area contributed by atoms with E-state index in [1.165, 1.54) is 0 Å². The van der Waals surface area contributed by atoms with Gasteiger partial charge in [0.1, 0.15) is 48.3 Å². The number of rotatable bonds is 43. The maximum Gasteiger partial charge on any atom is 0.408 e. The molecular weight excluding hydrogens is 1240 g/mol. The van der Waals surface area contributed by atoms with E-state index in [0.717, 1.165) is 33.4 Å². The predicted octanol–water partition coefficient (Wildman–Crippen LogP) is 9.99. The number of nitrogens with one attached hydrogen (secondary N) is 3. The van der Waals surface area contributed by atoms with Crippen LogP contribution < -0.4 is 16.0 Å². The molecule has 21 heteroatoms. The molecule has 2 heterocycles. The highest BCUT2D eigenvalue weighted by Gasteiger charge is 2.49. The van der Waals surface area contributed by atoms with Gasteiger partial charge in [-0.15, -0.1) is 0 Å². The Morgan fingerprint density at radius 1 is 0.381 bits per heavy atom. The van der Waals surface area contributed by atoms with Crippen LogP contribution in [0.5, 0.6) is 0 Å². The summed E-state index contributed by atoms with van der Waals surface area (Å²) >= 11 is 0. The van der Waals surface area contributed by atoms with Crippen LogP contribution in [-0.2, 0) is 120 Å². The van der Waals surface area contributed by atoms with Crippen LogP contribution in [0.3, 0.4) is 0 Å². The van der Waals surface area contributed by atoms with Gasteiger partial charge >= 0.3 is 6.09 Å². The van der Waals surface area contributed by atoms with E-state index in [9.17, 15) is 14.4 Å². The summed E-state index contributed by atoms with van der Waals surface area (Å²) in [5.41, 5.74) is 5.26. The molecule has 11 atom stereocenters. The van der Waals surface area contributed by atoms with Crippen molar-refractivity contribution in [3.8, 4) is 0 Å². The fourth-order valence-corrected chi connectivity index (χ4v) is 10.8. The van der Waals surface area contributed by atoms with Crippen molar-refractivity contribution in [2.75, 3.05) is 79.2 Å². The van der Waals surface area contributed by atoms with Crippen LogP contribution in [0.2, 0.25) is 0 Å². The molecule has 2 fully saturated rings. The molecule has 2 saturated heterocycles. The minimum atomic E-state index is -1.06. The van der Waals surface area contributed by atoms with E-state index in [-0.39, 0.29) is 97.9 Å². The van der Waals surface area contributed by atoms with E-state index >= 15 is 0 Å². The van der Waals surface area contributed by atoms with Gasteiger partial charge in [0, 0.05) is 19.5 Å². The van der Waals surface area contributed by atoms with Gasteiger partial charge in [0.15, 0.2) is 12.6 Å². The van der Waals surface area contributed by atoms with Gasteiger partial charge in [0.25, 0.3) is 0 Å². The lowest BCUT2D eigenvalue weighted by Gasteiger charge is -2.45. The summed E-state index contributed by atoms with van der Waals surface area (Å²) in [6.45, 7) is 13.7. The fraction of sp³-hybridized carbons (Fsp3) is 0.487. The first-order valence-electron chi connectivity index (χ1n) is 33.7. The quantitative estimate of drug-likeness (QED) is 0.0303. The van der Waals surface area contributed by atoms with Crippen LogP contribution in [0.15, 0.2) is 182 Å². The van der Waals surface area contributed by atoms with Gasteiger partial charge in [-0.05, 0) is 74.4 Å². The van der Waals surface area contributed by atoms with Gasteiger partial charge in [-0.3, -0.25) is 9.59 Å². The SMILES string of the molecule is C[C@@H]1O[C@@H](OCCOCCOCCNC(=O)CC[C@H](NC(=O)OC(C)(C)C)C(=O)NCCOCCOCCO[C@@H]2O[C@@H](C)[C@@H](OCc3ccccc3)[C@@H](OCc3ccccc3)[C@@H]2OCc2ccccc2)[C@@H](OCc2ccccc2)[C@H](OCc2ccccc2)[C@@H]1OCc1ccccc1. The average Bonchev–Trinajstić information content (AvgIpc) is 1.06. The number of hydrogen-bond donors (Lipinski definition) is 3. The summed E-state index contributed by atoms with van der Waals surface area (Å²) in [6, 6.07) is 58.7. The Balaban J connectivity index is 0.714. The molecule has 21 nitrogen and oxygen atoms in total. The van der Waals surface area contributed by atoms with Crippen molar-refractivity contribution in [1.82, 2.24) is 16.0 Å². The summed E-state index contributed by atoms with van der Waals surface area (Å²) in [7, 11) is 0. The molecule has 3 N–H and O–H groups in total. The van der Waals surface area contributed by atoms with Crippen molar-refractivity contribution in [2.24, 2.45) is 0 Å². The van der Waals surface area contributed by atoms with Gasteiger partial charge in [0.2, 0.25) is 11.8 Å². The molecule has 0 saturated carbocycles. The van der Waals surface area contributed by atoms with E-state index in [1.807, 2.05) is 196 Å². The summed E-state index contributed by atoms with van der Waals surface area (Å²) in [5, 5.41) is 8.23. The highest BCUT2D eigenvalue weighted by atomic mass is 16.7. The Morgan fingerprint density at radius 2 is 0.680 bits per heavy atom. The highest BCUT2D eigenvalue weighted by molar-refractivity contribution is 5.86. The van der Waals surface area contributed by atoms with Crippen LogP contribution in [0.4, 0.5) is 4.79 Å². The molecule has 2 aliphatic heterocycles. The zero-order valence-corrected chi connectivity index (χ0v) is 56.7. The van der Waals surface area contributed by atoms with Crippen molar-refractivity contribution in [2.45, 2.75) is 160 Å². The average molecular weight is 1340 g/mol. The molecule has 2 aliphatic rings. The summed E-state index contributed by atoms with van der Waals surface area (Å²) in [4.78, 5) is 39.3. The number of alkyl carbamates (subject to hydrolysis) is 1. The van der Waals surface area contributed by atoms with Crippen LogP contribution in [0.1, 0.15) is 80.8 Å². The van der Waals surface area contributed by atoms with E-state index < -0.39 is 85.1 Å². The second kappa shape index (κ2) is 42.7. The van der Waals surface area contributed by atoms with Gasteiger partial charge in [-0.25, -0.2) is 4.79 Å². The van der Waals surface area contributed by atoms with Gasteiger partial charge in [-0.1, -0.05) is 182 Å². The standard InChI is InChI=1S/C76H99N3O18/c1-56-66(89-50-58-24-12-6-13-25-58)68(91-52-60-28-16-8-17-29-60)70(93-54-62-32-20-10-21-33-62)73(95-56)87-48-46-85-44-42-83-40-38-77-65(80)37-36-64(79-75(82)97-76(3,4)5)72(81)78-39-41-84-43-45-86-47-49-88-74-71(94-55-63-34-22-11-23-35-63)69(92-53-61-30-18-9-19-31-61)67(57(2)96-74)90-51-59-26-14-7-15-27-59/h6-35,56-57,64,66-71,73-74H,36-55H2,1-5H3,(H,77,80)(H,78,81)(H,79,82)/t56-,57-,64-,66+,67+,68+,69+,70-,71-,73+,74+/m0/s1. The summed E-state index contributed by atoms with van der Waals surface area (Å²) in [5.74, 6) is -0.822. The molecular formula is C76H99N3O18. The summed E-state index contributed by atoms with van der Waals surface area (Å²) in [6.07, 6.45) is -6.55. The summed E-state index contributed by atoms with van der Waals surface area (Å²) < 4.78 is 94.1. The second-order valence-corrected chi connectivity index (χ2v) is 24.6. The van der Waals surface area contributed by atoms with Crippen molar-refractivity contribution in [1.29, 1.82) is 0 Å². The normalized spacial score (nSPS) is 21.3. The first-order valence-corrected chi connectivity index (χ1v) is 33.7. The molecule has 0 spiro atoms. The third-order valence-electron chi connectivity index (χ3n) is 15.7. The Bertz CT molecular complexity index is 3090. The molecule has 0 unspecified atom stereocenters. The first kappa shape index (κ1) is 75.7. The van der Waals surface area contributed by atoms with Crippen molar-refractivity contribution in [3.63, 3.8) is 0 Å². The van der Waals surface area contributed by atoms with Crippen LogP contribution >= 0.6 is 0 Å². The number of carbonyl (C=O) groups excluding carboxylic acids is 3. The second-order valence-electron chi connectivity index (χ2n) is 24.6. The molecule has 6 aromatic carbocycles. The van der Waals surface area contributed by atoms with Crippen LogP contribution in [0, 0.1) is 0 Å². The molecule has 97 heavy (non-hydrogen) atoms. The van der Waals surface area contributed by atoms with E-state index in [2.05, 4.69) is 16.0 Å². The maximum atomic E-state index is 13.4. The molecule has 0 radical (unpaired) electrons. The first-order chi connectivity index (χ1) is 47.3. The molecule has 3 amide bonds. The zero-order valence-electron chi connectivity index (χ0n) is 56.7. The lowest BCUT2D eigenvalue weighted by atomic mass is 9.98. The molecule has 526 valence electrons. The smallest absolute Gasteiger partial charge is 0.408 e. The number of carbonyl (C=O) groups is 3. The lowest BCUT2D eigenvalue weighted by Crippen LogP contribution is -2.60. The third kappa shape index (κ3) is 28.0. The van der Waals surface area contributed by atoms with Gasteiger partial charge < -0.3 is 87.0 Å². The molecule has 6 aromatic rings. The number of ether oxygens (including phenoxy) is 15. The monoisotopic (exact) mass is 1340 g/mol. The fourth-order valence-electron chi connectivity index (χ4n) is 10.8. The van der Waals surface area contributed by atoms with Crippen LogP contribution in [-0.4, -0.2) is 170 Å². The predicted molar refractivity (Wildman–Crippen MR) is 362 cm³/mol. The van der Waals surface area contributed by atoms with Crippen molar-refractivity contribution >= 4 is 17.9 Å². The zero-order chi connectivity index (χ0) is 68.1. The van der Waals surface area contributed by atoms with E-state index in [4.69, 9.17) is 71.1 Å². The van der Waals surface area contributed by atoms with E-state index in [1.54, 1.807) is 20.8 Å². The lowest BCUT2D eigenvalue weighted by molar-refractivity contribution is -0.321. The topological polar surface area (TPSA) is 226 Å². The van der Waals surface area contributed by atoms with Gasteiger partial charge in [0.05, 0.1) is 118 Å². The Morgan fingerprint density at radius 3 is 1.02 bits per heavy atom. The Labute approximate surface area is 571 Å². The number of benzene rings is 6. The van der Waals surface area contributed by atoms with Crippen LogP contribution in [0.25, 0.3) is 0 Å².